The van der Waals surface area contributed by atoms with E-state index in [4.69, 9.17) is 0 Å². The highest BCUT2D eigenvalue weighted by Gasteiger charge is 2.30. The second kappa shape index (κ2) is 7.14. The number of pyridine rings is 1. The van der Waals surface area contributed by atoms with Crippen molar-refractivity contribution in [3.05, 3.63) is 75.5 Å². The second-order valence-electron chi connectivity index (χ2n) is 5.70. The van der Waals surface area contributed by atoms with E-state index in [0.717, 1.165) is 27.8 Å². The van der Waals surface area contributed by atoms with Crippen LogP contribution in [0.25, 0.3) is 22.4 Å². The Hall–Kier alpha value is -2.10. The standard InChI is InChI=1S/C19H10F6IN/c20-18(21,22)13-5-1-11(2-6-13)15-10-27-17(9-16(15)26)12-3-7-14(8-4-12)19(23,24)25/h1-10H. The van der Waals surface area contributed by atoms with E-state index in [1.165, 1.54) is 30.5 Å². The zero-order valence-electron chi connectivity index (χ0n) is 13.4. The van der Waals surface area contributed by atoms with Crippen molar-refractivity contribution in [2.24, 2.45) is 0 Å². The molecule has 0 aliphatic rings. The minimum absolute atomic E-state index is 0.476. The summed E-state index contributed by atoms with van der Waals surface area (Å²) in [6.45, 7) is 0. The fourth-order valence-corrected chi connectivity index (χ4v) is 3.22. The molecule has 3 aromatic rings. The van der Waals surface area contributed by atoms with Crippen molar-refractivity contribution in [3.8, 4) is 22.4 Å². The summed E-state index contributed by atoms with van der Waals surface area (Å²) in [5, 5.41) is 0. The Kier molecular flexibility index (Phi) is 5.20. The van der Waals surface area contributed by atoms with Crippen LogP contribution in [-0.4, -0.2) is 4.98 Å². The highest BCUT2D eigenvalue weighted by molar-refractivity contribution is 14.1. The van der Waals surface area contributed by atoms with Gasteiger partial charge in [-0.05, 0) is 58.5 Å². The number of rotatable bonds is 2. The van der Waals surface area contributed by atoms with Crippen LogP contribution < -0.4 is 0 Å². The van der Waals surface area contributed by atoms with Crippen LogP contribution in [0, 0.1) is 3.57 Å². The summed E-state index contributed by atoms with van der Waals surface area (Å²) in [4.78, 5) is 4.24. The molecule has 0 aliphatic heterocycles. The third-order valence-corrected chi connectivity index (χ3v) is 4.78. The van der Waals surface area contributed by atoms with Gasteiger partial charge in [-0.2, -0.15) is 26.3 Å². The van der Waals surface area contributed by atoms with Gasteiger partial charge < -0.3 is 0 Å². The number of alkyl halides is 6. The maximum Gasteiger partial charge on any atom is 0.416 e. The van der Waals surface area contributed by atoms with Gasteiger partial charge in [-0.25, -0.2) is 0 Å². The Morgan fingerprint density at radius 1 is 0.667 bits per heavy atom. The van der Waals surface area contributed by atoms with E-state index in [-0.39, 0.29) is 0 Å². The molecule has 0 saturated heterocycles. The molecule has 0 unspecified atom stereocenters. The van der Waals surface area contributed by atoms with Crippen molar-refractivity contribution >= 4 is 22.6 Å². The summed E-state index contributed by atoms with van der Waals surface area (Å²) in [5.74, 6) is 0. The molecule has 140 valence electrons. The van der Waals surface area contributed by atoms with Crippen molar-refractivity contribution in [1.82, 2.24) is 4.98 Å². The number of nitrogens with zero attached hydrogens (tertiary/aromatic N) is 1. The van der Waals surface area contributed by atoms with Gasteiger partial charge in [-0.15, -0.1) is 0 Å². The summed E-state index contributed by atoms with van der Waals surface area (Å²) < 4.78 is 76.6. The third kappa shape index (κ3) is 4.42. The van der Waals surface area contributed by atoms with E-state index in [1.54, 1.807) is 6.07 Å². The molecule has 0 atom stereocenters. The van der Waals surface area contributed by atoms with Gasteiger partial charge in [0.05, 0.1) is 16.8 Å². The molecular formula is C19H10F6IN. The molecule has 0 saturated carbocycles. The first-order chi connectivity index (χ1) is 12.6. The number of hydrogen-bond donors (Lipinski definition) is 0. The highest BCUT2D eigenvalue weighted by atomic mass is 127. The molecule has 27 heavy (non-hydrogen) atoms. The van der Waals surface area contributed by atoms with Crippen molar-refractivity contribution < 1.29 is 26.3 Å². The van der Waals surface area contributed by atoms with Crippen LogP contribution in [0.5, 0.6) is 0 Å². The predicted molar refractivity (Wildman–Crippen MR) is 97.8 cm³/mol. The molecule has 0 amide bonds. The van der Waals surface area contributed by atoms with E-state index in [1.807, 2.05) is 22.6 Å². The van der Waals surface area contributed by atoms with E-state index in [2.05, 4.69) is 4.98 Å². The van der Waals surface area contributed by atoms with Gasteiger partial charge in [0.25, 0.3) is 0 Å². The maximum absolute atomic E-state index is 12.7. The summed E-state index contributed by atoms with van der Waals surface area (Å²) in [6, 6.07) is 11.0. The smallest absolute Gasteiger partial charge is 0.256 e. The van der Waals surface area contributed by atoms with Crippen molar-refractivity contribution in [3.63, 3.8) is 0 Å². The van der Waals surface area contributed by atoms with Gasteiger partial charge in [0.1, 0.15) is 0 Å². The number of halogens is 7. The summed E-state index contributed by atoms with van der Waals surface area (Å²) in [5.41, 5.74) is 0.709. The predicted octanol–water partition coefficient (Wildman–Crippen LogP) is 7.06. The van der Waals surface area contributed by atoms with Gasteiger partial charge in [0.2, 0.25) is 0 Å². The first kappa shape index (κ1) is 19.7. The van der Waals surface area contributed by atoms with Crippen LogP contribution in [0.3, 0.4) is 0 Å². The lowest BCUT2D eigenvalue weighted by Crippen LogP contribution is -2.04. The minimum Gasteiger partial charge on any atom is -0.256 e. The van der Waals surface area contributed by atoms with E-state index in [0.29, 0.717) is 22.4 Å². The molecule has 0 bridgehead atoms. The largest absolute Gasteiger partial charge is 0.416 e. The van der Waals surface area contributed by atoms with E-state index >= 15 is 0 Å². The van der Waals surface area contributed by atoms with Crippen LogP contribution in [0.4, 0.5) is 26.3 Å². The Morgan fingerprint density at radius 3 is 1.52 bits per heavy atom. The topological polar surface area (TPSA) is 12.9 Å². The zero-order chi connectivity index (χ0) is 19.8. The van der Waals surface area contributed by atoms with Crippen molar-refractivity contribution in [2.75, 3.05) is 0 Å². The Balaban J connectivity index is 1.90. The normalized spacial score (nSPS) is 12.3. The summed E-state index contributed by atoms with van der Waals surface area (Å²) in [6.07, 6.45) is -7.32. The Morgan fingerprint density at radius 2 is 1.11 bits per heavy atom. The van der Waals surface area contributed by atoms with Gasteiger partial charge in [-0.1, -0.05) is 24.3 Å². The lowest BCUT2D eigenvalue weighted by Gasteiger charge is -2.11. The van der Waals surface area contributed by atoms with Gasteiger partial charge in [0, 0.05) is 20.9 Å². The second-order valence-corrected chi connectivity index (χ2v) is 6.86. The lowest BCUT2D eigenvalue weighted by atomic mass is 10.0. The number of aromatic nitrogens is 1. The van der Waals surface area contributed by atoms with Crippen molar-refractivity contribution in [2.45, 2.75) is 12.4 Å². The van der Waals surface area contributed by atoms with Crippen LogP contribution in [0.1, 0.15) is 11.1 Å². The highest BCUT2D eigenvalue weighted by Crippen LogP contribution is 2.34. The van der Waals surface area contributed by atoms with E-state index in [9.17, 15) is 26.3 Å². The zero-order valence-corrected chi connectivity index (χ0v) is 15.5. The third-order valence-electron chi connectivity index (χ3n) is 3.88. The number of hydrogen-bond acceptors (Lipinski definition) is 1. The van der Waals surface area contributed by atoms with E-state index < -0.39 is 23.5 Å². The first-order valence-corrected chi connectivity index (χ1v) is 8.64. The fourth-order valence-electron chi connectivity index (χ4n) is 2.47. The molecular weight excluding hydrogens is 483 g/mol. The molecule has 3 rings (SSSR count). The molecule has 0 N–H and O–H groups in total. The summed E-state index contributed by atoms with van der Waals surface area (Å²) >= 11 is 2.02. The van der Waals surface area contributed by atoms with Crippen LogP contribution in [0.2, 0.25) is 0 Å². The molecule has 0 radical (unpaired) electrons. The van der Waals surface area contributed by atoms with Crippen molar-refractivity contribution in [1.29, 1.82) is 0 Å². The Labute approximate surface area is 164 Å². The molecule has 8 heteroatoms. The van der Waals surface area contributed by atoms with Gasteiger partial charge in [0.15, 0.2) is 0 Å². The molecule has 1 nitrogen and oxygen atoms in total. The Bertz CT molecular complexity index is 944. The SMILES string of the molecule is FC(F)(F)c1ccc(-c2cc(I)c(-c3ccc(C(F)(F)F)cc3)cn2)cc1. The molecule has 1 heterocycles. The molecule has 0 fully saturated rings. The lowest BCUT2D eigenvalue weighted by molar-refractivity contribution is -0.138. The maximum atomic E-state index is 12.7. The molecule has 2 aromatic carbocycles. The van der Waals surface area contributed by atoms with Gasteiger partial charge in [-0.3, -0.25) is 4.98 Å². The van der Waals surface area contributed by atoms with Crippen LogP contribution >= 0.6 is 22.6 Å². The number of benzene rings is 2. The average molecular weight is 493 g/mol. The molecule has 0 aliphatic carbocycles. The van der Waals surface area contributed by atoms with Crippen LogP contribution in [-0.2, 0) is 12.4 Å². The first-order valence-electron chi connectivity index (χ1n) is 7.56. The minimum atomic E-state index is -4.41. The monoisotopic (exact) mass is 493 g/mol. The quantitative estimate of drug-likeness (QED) is 0.275. The molecule has 0 spiro atoms. The van der Waals surface area contributed by atoms with Gasteiger partial charge >= 0.3 is 12.4 Å². The van der Waals surface area contributed by atoms with Crippen LogP contribution in [0.15, 0.2) is 60.8 Å². The molecule has 1 aromatic heterocycles. The average Bonchev–Trinajstić information content (AvgIpc) is 2.60. The fraction of sp³-hybridized carbons (Fsp3) is 0.105. The summed E-state index contributed by atoms with van der Waals surface area (Å²) in [7, 11) is 0.